The summed E-state index contributed by atoms with van der Waals surface area (Å²) >= 11 is 0. The number of ketones is 1. The minimum atomic E-state index is -0.560. The molecule has 27 heavy (non-hydrogen) atoms. The number of esters is 1. The Hall–Kier alpha value is -3.36. The molecule has 0 saturated carbocycles. The zero-order valence-electron chi connectivity index (χ0n) is 15.1. The van der Waals surface area contributed by atoms with Crippen LogP contribution in [-0.2, 0) is 11.3 Å². The normalized spacial score (nSPS) is 10.8. The van der Waals surface area contributed by atoms with Crippen LogP contribution >= 0.6 is 0 Å². The number of aromatic nitrogens is 5. The fourth-order valence-corrected chi connectivity index (χ4v) is 2.85. The van der Waals surface area contributed by atoms with Crippen molar-refractivity contribution in [2.24, 2.45) is 0 Å². The number of nitrogens with one attached hydrogen (secondary N) is 1. The lowest BCUT2D eigenvalue weighted by molar-refractivity contribution is 0.0522. The van der Waals surface area contributed by atoms with Gasteiger partial charge in [-0.1, -0.05) is 12.1 Å². The van der Waals surface area contributed by atoms with E-state index in [-0.39, 0.29) is 35.9 Å². The largest absolute Gasteiger partial charge is 0.462 e. The third-order valence-corrected chi connectivity index (χ3v) is 3.95. The van der Waals surface area contributed by atoms with Gasteiger partial charge in [0.05, 0.1) is 17.7 Å². The summed E-state index contributed by atoms with van der Waals surface area (Å²) in [5.41, 5.74) is 2.03. The SMILES string of the molecule is CCOC(=O)c1c(C)[nH]c(C)c1C(=O)Cn1nnc(-c2cccc(F)c2)n1. The van der Waals surface area contributed by atoms with Crippen molar-refractivity contribution >= 4 is 11.8 Å². The maximum Gasteiger partial charge on any atom is 0.340 e. The smallest absolute Gasteiger partial charge is 0.340 e. The van der Waals surface area contributed by atoms with Gasteiger partial charge in [-0.2, -0.15) is 4.80 Å². The first kappa shape index (κ1) is 18.4. The number of hydrogen-bond acceptors (Lipinski definition) is 6. The monoisotopic (exact) mass is 371 g/mol. The summed E-state index contributed by atoms with van der Waals surface area (Å²) in [6, 6.07) is 5.77. The van der Waals surface area contributed by atoms with Crippen LogP contribution < -0.4 is 0 Å². The van der Waals surface area contributed by atoms with E-state index in [0.29, 0.717) is 17.0 Å². The molecule has 0 bridgehead atoms. The minimum Gasteiger partial charge on any atom is -0.462 e. The fourth-order valence-electron chi connectivity index (χ4n) is 2.85. The van der Waals surface area contributed by atoms with Crippen molar-refractivity contribution in [3.8, 4) is 11.4 Å². The summed E-state index contributed by atoms with van der Waals surface area (Å²) < 4.78 is 18.4. The van der Waals surface area contributed by atoms with Crippen LogP contribution in [0, 0.1) is 19.7 Å². The van der Waals surface area contributed by atoms with Crippen molar-refractivity contribution < 1.29 is 18.7 Å². The summed E-state index contributed by atoms with van der Waals surface area (Å²) in [5, 5.41) is 11.8. The lowest BCUT2D eigenvalue weighted by Gasteiger charge is -2.05. The highest BCUT2D eigenvalue weighted by Gasteiger charge is 2.26. The van der Waals surface area contributed by atoms with E-state index < -0.39 is 11.8 Å². The molecule has 9 heteroatoms. The highest BCUT2D eigenvalue weighted by molar-refractivity contribution is 6.08. The molecule has 0 unspecified atom stereocenters. The van der Waals surface area contributed by atoms with Crippen molar-refractivity contribution in [3.63, 3.8) is 0 Å². The van der Waals surface area contributed by atoms with Crippen molar-refractivity contribution in [2.75, 3.05) is 6.61 Å². The van der Waals surface area contributed by atoms with E-state index >= 15 is 0 Å². The molecule has 1 N–H and O–H groups in total. The van der Waals surface area contributed by atoms with Gasteiger partial charge in [0.1, 0.15) is 12.4 Å². The zero-order chi connectivity index (χ0) is 19.6. The van der Waals surface area contributed by atoms with Gasteiger partial charge in [-0.25, -0.2) is 9.18 Å². The quantitative estimate of drug-likeness (QED) is 0.527. The molecule has 3 rings (SSSR count). The van der Waals surface area contributed by atoms with Crippen molar-refractivity contribution in [1.82, 2.24) is 25.2 Å². The summed E-state index contributed by atoms with van der Waals surface area (Å²) in [5.74, 6) is -1.13. The van der Waals surface area contributed by atoms with E-state index in [1.807, 2.05) is 0 Å². The van der Waals surface area contributed by atoms with Crippen LogP contribution in [-0.4, -0.2) is 43.6 Å². The number of rotatable bonds is 6. The Balaban J connectivity index is 1.86. The Labute approximate surface area is 154 Å². The number of aryl methyl sites for hydroxylation is 2. The second-order valence-corrected chi connectivity index (χ2v) is 5.92. The fraction of sp³-hybridized carbons (Fsp3) is 0.278. The molecule has 0 saturated heterocycles. The second-order valence-electron chi connectivity index (χ2n) is 5.92. The van der Waals surface area contributed by atoms with Gasteiger partial charge >= 0.3 is 5.97 Å². The van der Waals surface area contributed by atoms with Gasteiger partial charge in [0, 0.05) is 17.0 Å². The molecule has 2 heterocycles. The van der Waals surface area contributed by atoms with Gasteiger partial charge in [0.15, 0.2) is 5.78 Å². The number of ether oxygens (including phenoxy) is 1. The average molecular weight is 371 g/mol. The minimum absolute atomic E-state index is 0.204. The summed E-state index contributed by atoms with van der Waals surface area (Å²) in [6.45, 7) is 5.09. The Morgan fingerprint density at radius 3 is 2.67 bits per heavy atom. The Morgan fingerprint density at radius 1 is 1.22 bits per heavy atom. The van der Waals surface area contributed by atoms with E-state index in [2.05, 4.69) is 20.4 Å². The lowest BCUT2D eigenvalue weighted by atomic mass is 10.0. The molecule has 1 aromatic carbocycles. The van der Waals surface area contributed by atoms with Gasteiger partial charge in [-0.05, 0) is 38.1 Å². The molecular weight excluding hydrogens is 353 g/mol. The van der Waals surface area contributed by atoms with Crippen molar-refractivity contribution in [2.45, 2.75) is 27.3 Å². The van der Waals surface area contributed by atoms with Crippen LogP contribution in [0.4, 0.5) is 4.39 Å². The summed E-state index contributed by atoms with van der Waals surface area (Å²) in [7, 11) is 0. The number of H-pyrrole nitrogens is 1. The van der Waals surface area contributed by atoms with E-state index in [9.17, 15) is 14.0 Å². The van der Waals surface area contributed by atoms with Gasteiger partial charge < -0.3 is 9.72 Å². The predicted octanol–water partition coefficient (Wildman–Crippen LogP) is 2.48. The van der Waals surface area contributed by atoms with Gasteiger partial charge in [0.25, 0.3) is 0 Å². The molecule has 3 aromatic rings. The molecule has 0 amide bonds. The third kappa shape index (κ3) is 3.76. The number of hydrogen-bond donors (Lipinski definition) is 1. The zero-order valence-corrected chi connectivity index (χ0v) is 15.1. The Bertz CT molecular complexity index is 1010. The predicted molar refractivity (Wildman–Crippen MR) is 93.8 cm³/mol. The number of carbonyl (C=O) groups is 2. The van der Waals surface area contributed by atoms with E-state index in [4.69, 9.17) is 4.74 Å². The highest BCUT2D eigenvalue weighted by atomic mass is 19.1. The second kappa shape index (κ2) is 7.48. The van der Waals surface area contributed by atoms with Crippen LogP contribution in [0.2, 0.25) is 0 Å². The van der Waals surface area contributed by atoms with Gasteiger partial charge in [-0.3, -0.25) is 4.79 Å². The molecule has 0 aliphatic carbocycles. The van der Waals surface area contributed by atoms with Crippen molar-refractivity contribution in [1.29, 1.82) is 0 Å². The molecule has 0 radical (unpaired) electrons. The number of benzene rings is 1. The topological polar surface area (TPSA) is 103 Å². The van der Waals surface area contributed by atoms with Crippen LogP contribution in [0.1, 0.15) is 39.0 Å². The molecule has 8 nitrogen and oxygen atoms in total. The average Bonchev–Trinajstić information content (AvgIpc) is 3.19. The first-order valence-electron chi connectivity index (χ1n) is 8.34. The number of Topliss-reactive ketones (excluding diaryl/α,β-unsaturated/α-hetero) is 1. The maximum absolute atomic E-state index is 13.3. The number of halogens is 1. The number of nitrogens with zero attached hydrogens (tertiary/aromatic N) is 4. The Kier molecular flexibility index (Phi) is 5.11. The number of carbonyl (C=O) groups excluding carboxylic acids is 2. The first-order chi connectivity index (χ1) is 12.9. The Morgan fingerprint density at radius 2 is 1.96 bits per heavy atom. The summed E-state index contributed by atoms with van der Waals surface area (Å²) in [6.07, 6.45) is 0. The number of tetrazole rings is 1. The summed E-state index contributed by atoms with van der Waals surface area (Å²) in [4.78, 5) is 29.1. The van der Waals surface area contributed by atoms with Crippen LogP contribution in [0.15, 0.2) is 24.3 Å². The standard InChI is InChI=1S/C18H18FN5O3/c1-4-27-18(26)16-11(3)20-10(2)15(16)14(25)9-24-22-17(21-23-24)12-6-5-7-13(19)8-12/h5-8,20H,4,9H2,1-3H3. The highest BCUT2D eigenvalue weighted by Crippen LogP contribution is 2.21. The van der Waals surface area contributed by atoms with Crippen LogP contribution in [0.3, 0.4) is 0 Å². The van der Waals surface area contributed by atoms with Gasteiger partial charge in [-0.15, -0.1) is 10.2 Å². The number of aromatic amines is 1. The lowest BCUT2D eigenvalue weighted by Crippen LogP contribution is -2.17. The molecule has 0 aliphatic rings. The molecule has 2 aromatic heterocycles. The molecule has 0 fully saturated rings. The van der Waals surface area contributed by atoms with Crippen LogP contribution in [0.5, 0.6) is 0 Å². The van der Waals surface area contributed by atoms with E-state index in [0.717, 1.165) is 4.80 Å². The molecule has 0 spiro atoms. The van der Waals surface area contributed by atoms with Gasteiger partial charge in [0.2, 0.25) is 5.82 Å². The molecule has 0 aliphatic heterocycles. The van der Waals surface area contributed by atoms with Crippen LogP contribution in [0.25, 0.3) is 11.4 Å². The third-order valence-electron chi connectivity index (χ3n) is 3.95. The molecule has 140 valence electrons. The maximum atomic E-state index is 13.3. The molecule has 0 atom stereocenters. The first-order valence-corrected chi connectivity index (χ1v) is 8.34. The molecular formula is C18H18FN5O3. The van der Waals surface area contributed by atoms with E-state index in [1.54, 1.807) is 26.8 Å². The van der Waals surface area contributed by atoms with Crippen molar-refractivity contribution in [3.05, 3.63) is 52.6 Å². The van der Waals surface area contributed by atoms with E-state index in [1.165, 1.54) is 18.2 Å².